The van der Waals surface area contributed by atoms with E-state index >= 15 is 0 Å². The highest BCUT2D eigenvalue weighted by Gasteiger charge is 2.45. The molecule has 1 atom stereocenters. The van der Waals surface area contributed by atoms with Gasteiger partial charge in [-0.25, -0.2) is 4.98 Å². The Morgan fingerprint density at radius 1 is 1.03 bits per heavy atom. The van der Waals surface area contributed by atoms with Crippen molar-refractivity contribution in [2.45, 2.75) is 46.1 Å². The van der Waals surface area contributed by atoms with Gasteiger partial charge in [-0.3, -0.25) is 14.5 Å². The first kappa shape index (κ1) is 22.0. The molecule has 1 N–H and O–H groups in total. The molecular formula is C26H26N2O3S. The van der Waals surface area contributed by atoms with Gasteiger partial charge in [0.25, 0.3) is 5.91 Å². The monoisotopic (exact) mass is 446 g/mol. The molecule has 0 aliphatic carbocycles. The number of nitrogens with zero attached hydrogens (tertiary/aromatic N) is 2. The van der Waals surface area contributed by atoms with Crippen molar-refractivity contribution in [3.8, 4) is 0 Å². The molecule has 1 unspecified atom stereocenters. The maximum Gasteiger partial charge on any atom is 0.294 e. The molecular weight excluding hydrogens is 420 g/mol. The number of thiazole rings is 1. The molecule has 2 aromatic carbocycles. The Kier molecular flexibility index (Phi) is 5.51. The first-order valence-electron chi connectivity index (χ1n) is 10.5. The lowest BCUT2D eigenvalue weighted by atomic mass is 9.87. The molecule has 1 aliphatic heterocycles. The summed E-state index contributed by atoms with van der Waals surface area (Å²) >= 11 is 1.28. The lowest BCUT2D eigenvalue weighted by Gasteiger charge is -2.28. The third kappa shape index (κ3) is 3.75. The van der Waals surface area contributed by atoms with E-state index in [1.165, 1.54) is 16.2 Å². The van der Waals surface area contributed by atoms with Gasteiger partial charge in [0, 0.05) is 5.69 Å². The number of benzene rings is 2. The van der Waals surface area contributed by atoms with Crippen LogP contribution in [0.3, 0.4) is 0 Å². The molecule has 1 aliphatic rings. The van der Waals surface area contributed by atoms with Crippen molar-refractivity contribution >= 4 is 28.7 Å². The van der Waals surface area contributed by atoms with Crippen molar-refractivity contribution in [3.63, 3.8) is 0 Å². The third-order valence-corrected chi connectivity index (χ3v) is 6.76. The summed E-state index contributed by atoms with van der Waals surface area (Å²) in [7, 11) is 0. The summed E-state index contributed by atoms with van der Waals surface area (Å²) in [4.78, 5) is 33.1. The second-order valence-corrected chi connectivity index (χ2v) is 10.2. The number of ketones is 1. The molecule has 6 heteroatoms. The van der Waals surface area contributed by atoms with Gasteiger partial charge in [0.05, 0.1) is 27.2 Å². The van der Waals surface area contributed by atoms with Crippen LogP contribution in [0.15, 0.2) is 65.9 Å². The average Bonchev–Trinajstić information content (AvgIpc) is 3.23. The van der Waals surface area contributed by atoms with Crippen molar-refractivity contribution in [1.82, 2.24) is 4.98 Å². The van der Waals surface area contributed by atoms with E-state index in [1.54, 1.807) is 6.92 Å². The zero-order valence-electron chi connectivity index (χ0n) is 18.8. The largest absolute Gasteiger partial charge is 0.503 e. The second kappa shape index (κ2) is 8.02. The van der Waals surface area contributed by atoms with Gasteiger partial charge in [-0.05, 0) is 42.5 Å². The molecule has 3 aromatic rings. The number of amides is 1. The first-order valence-corrected chi connectivity index (χ1v) is 11.3. The van der Waals surface area contributed by atoms with Crippen molar-refractivity contribution in [2.75, 3.05) is 4.90 Å². The normalized spacial score (nSPS) is 16.7. The third-order valence-electron chi connectivity index (χ3n) is 5.69. The van der Waals surface area contributed by atoms with Gasteiger partial charge in [-0.1, -0.05) is 63.2 Å². The van der Waals surface area contributed by atoms with Crippen LogP contribution in [0.5, 0.6) is 0 Å². The molecule has 5 nitrogen and oxygen atoms in total. The van der Waals surface area contributed by atoms with E-state index in [4.69, 9.17) is 0 Å². The zero-order valence-corrected chi connectivity index (χ0v) is 19.7. The Balaban J connectivity index is 1.84. The van der Waals surface area contributed by atoms with Crippen molar-refractivity contribution < 1.29 is 14.7 Å². The van der Waals surface area contributed by atoms with E-state index < -0.39 is 17.7 Å². The Morgan fingerprint density at radius 3 is 2.19 bits per heavy atom. The Bertz CT molecular complexity index is 1220. The molecule has 1 amide bonds. The van der Waals surface area contributed by atoms with Crippen LogP contribution in [0.1, 0.15) is 58.3 Å². The van der Waals surface area contributed by atoms with Gasteiger partial charge in [0.1, 0.15) is 0 Å². The summed E-state index contributed by atoms with van der Waals surface area (Å²) in [5.41, 5.74) is 3.18. The van der Waals surface area contributed by atoms with Crippen molar-refractivity contribution in [3.05, 3.63) is 92.6 Å². The molecule has 4 rings (SSSR count). The number of carbonyl (C=O) groups excluding carboxylic acids is 2. The Hall–Kier alpha value is -3.25. The number of aromatic nitrogens is 1. The Labute approximate surface area is 192 Å². The molecule has 0 saturated carbocycles. The number of Topliss-reactive ketones (excluding diaryl/α,β-unsaturated/α-hetero) is 1. The summed E-state index contributed by atoms with van der Waals surface area (Å²) in [5, 5.41) is 11.7. The van der Waals surface area contributed by atoms with E-state index in [2.05, 4.69) is 25.8 Å². The fraction of sp³-hybridized carbons (Fsp3) is 0.269. The summed E-state index contributed by atoms with van der Waals surface area (Å²) in [6, 6.07) is 16.3. The lowest BCUT2D eigenvalue weighted by molar-refractivity contribution is -0.117. The number of carbonyl (C=O) groups is 2. The zero-order chi connectivity index (χ0) is 23.2. The molecule has 2 heterocycles. The van der Waals surface area contributed by atoms with Crippen LogP contribution in [-0.2, 0) is 10.2 Å². The molecule has 32 heavy (non-hydrogen) atoms. The predicted octanol–water partition coefficient (Wildman–Crippen LogP) is 5.84. The number of aliphatic hydroxyl groups excluding tert-OH is 1. The smallest absolute Gasteiger partial charge is 0.294 e. The summed E-state index contributed by atoms with van der Waals surface area (Å²) in [6.45, 7) is 9.98. The highest BCUT2D eigenvalue weighted by atomic mass is 32.1. The minimum absolute atomic E-state index is 0.0323. The van der Waals surface area contributed by atoms with Gasteiger partial charge in [0.15, 0.2) is 5.76 Å². The van der Waals surface area contributed by atoms with Crippen LogP contribution in [0.25, 0.3) is 0 Å². The Morgan fingerprint density at radius 2 is 1.66 bits per heavy atom. The quantitative estimate of drug-likeness (QED) is 0.511. The fourth-order valence-corrected chi connectivity index (χ4v) is 4.91. The molecule has 0 saturated heterocycles. The topological polar surface area (TPSA) is 70.5 Å². The minimum atomic E-state index is -0.724. The van der Waals surface area contributed by atoms with E-state index in [0.29, 0.717) is 16.3 Å². The standard InChI is InChI=1S/C26H26N2O3S/c1-15-24(32-16(2)27-15)22(29)20-21(17-9-7-6-8-10-17)28(25(31)23(20)30)19-13-11-18(12-14-19)26(3,4)5/h6-14,21,30H,1-5H3. The fourth-order valence-electron chi connectivity index (χ4n) is 4.04. The number of rotatable bonds is 4. The number of anilines is 1. The van der Waals surface area contributed by atoms with Crippen LogP contribution in [0.4, 0.5) is 5.69 Å². The molecule has 1 aromatic heterocycles. The van der Waals surface area contributed by atoms with Gasteiger partial charge in [0.2, 0.25) is 5.78 Å². The first-order chi connectivity index (χ1) is 15.1. The molecule has 0 fully saturated rings. The van der Waals surface area contributed by atoms with Gasteiger partial charge in [-0.2, -0.15) is 0 Å². The number of hydrogen-bond donors (Lipinski definition) is 1. The molecule has 0 bridgehead atoms. The molecule has 0 radical (unpaired) electrons. The highest BCUT2D eigenvalue weighted by Crippen LogP contribution is 2.43. The van der Waals surface area contributed by atoms with Crippen molar-refractivity contribution in [2.24, 2.45) is 0 Å². The van der Waals surface area contributed by atoms with E-state index in [9.17, 15) is 14.7 Å². The maximum atomic E-state index is 13.6. The van der Waals surface area contributed by atoms with E-state index in [-0.39, 0.29) is 16.8 Å². The summed E-state index contributed by atoms with van der Waals surface area (Å²) in [5.74, 6) is -1.44. The van der Waals surface area contributed by atoms with Crippen LogP contribution in [-0.4, -0.2) is 21.8 Å². The van der Waals surface area contributed by atoms with Crippen LogP contribution >= 0.6 is 11.3 Å². The highest BCUT2D eigenvalue weighted by molar-refractivity contribution is 7.14. The second-order valence-electron chi connectivity index (χ2n) is 9.02. The summed E-state index contributed by atoms with van der Waals surface area (Å²) < 4.78 is 0. The van der Waals surface area contributed by atoms with Crippen LogP contribution in [0, 0.1) is 13.8 Å². The van der Waals surface area contributed by atoms with E-state index in [0.717, 1.165) is 16.1 Å². The average molecular weight is 447 g/mol. The van der Waals surface area contributed by atoms with Crippen LogP contribution < -0.4 is 4.90 Å². The molecule has 164 valence electrons. The number of aliphatic hydroxyl groups is 1. The maximum absolute atomic E-state index is 13.6. The predicted molar refractivity (Wildman–Crippen MR) is 127 cm³/mol. The SMILES string of the molecule is Cc1nc(C)c(C(=O)C2=C(O)C(=O)N(c3ccc(C(C)(C)C)cc3)C2c2ccccc2)s1. The summed E-state index contributed by atoms with van der Waals surface area (Å²) in [6.07, 6.45) is 0. The van der Waals surface area contributed by atoms with Gasteiger partial charge >= 0.3 is 0 Å². The van der Waals surface area contributed by atoms with Crippen LogP contribution in [0.2, 0.25) is 0 Å². The van der Waals surface area contributed by atoms with Crippen molar-refractivity contribution in [1.29, 1.82) is 0 Å². The number of aryl methyl sites for hydroxylation is 2. The molecule has 0 spiro atoms. The lowest BCUT2D eigenvalue weighted by Crippen LogP contribution is -2.31. The van der Waals surface area contributed by atoms with Gasteiger partial charge < -0.3 is 5.11 Å². The van der Waals surface area contributed by atoms with E-state index in [1.807, 2.05) is 61.5 Å². The van der Waals surface area contributed by atoms with Gasteiger partial charge in [-0.15, -0.1) is 11.3 Å². The minimum Gasteiger partial charge on any atom is -0.503 e. The number of hydrogen-bond acceptors (Lipinski definition) is 5.